The molecular formula is C21H17BrO5. The Balaban J connectivity index is 1.59. The number of furan rings is 2. The van der Waals surface area contributed by atoms with Crippen molar-refractivity contribution in [1.82, 2.24) is 0 Å². The first-order chi connectivity index (χ1) is 13.2. The number of carbonyl (C=O) groups is 1. The van der Waals surface area contributed by atoms with E-state index < -0.39 is 0 Å². The minimum Gasteiger partial charge on any atom is -0.488 e. The highest BCUT2D eigenvalue weighted by atomic mass is 79.9. The van der Waals surface area contributed by atoms with E-state index in [1.807, 2.05) is 36.4 Å². The van der Waals surface area contributed by atoms with Crippen molar-refractivity contribution < 1.29 is 23.1 Å². The lowest BCUT2D eigenvalue weighted by molar-refractivity contribution is -0.142. The van der Waals surface area contributed by atoms with Crippen molar-refractivity contribution in [3.05, 3.63) is 64.5 Å². The summed E-state index contributed by atoms with van der Waals surface area (Å²) in [6.07, 6.45) is 3.51. The Labute approximate surface area is 164 Å². The van der Waals surface area contributed by atoms with Gasteiger partial charge in [-0.2, -0.15) is 0 Å². The van der Waals surface area contributed by atoms with Crippen LogP contribution in [-0.4, -0.2) is 12.6 Å². The fourth-order valence-electron chi connectivity index (χ4n) is 3.06. The van der Waals surface area contributed by atoms with Gasteiger partial charge in [0.25, 0.3) is 0 Å². The van der Waals surface area contributed by atoms with Crippen LogP contribution in [0, 0.1) is 0 Å². The zero-order chi connectivity index (χ0) is 18.8. The number of halogens is 1. The lowest BCUT2D eigenvalue weighted by Gasteiger charge is -2.10. The Bertz CT molecular complexity index is 1110. The number of hydrogen-bond acceptors (Lipinski definition) is 5. The van der Waals surface area contributed by atoms with Gasteiger partial charge in [-0.05, 0) is 41.1 Å². The Morgan fingerprint density at radius 2 is 1.93 bits per heavy atom. The molecule has 5 nitrogen and oxygen atoms in total. The van der Waals surface area contributed by atoms with Gasteiger partial charge in [0, 0.05) is 16.5 Å². The van der Waals surface area contributed by atoms with Crippen molar-refractivity contribution in [3.8, 4) is 5.75 Å². The molecule has 0 aliphatic rings. The van der Waals surface area contributed by atoms with Crippen LogP contribution in [0.15, 0.2) is 62.2 Å². The number of para-hydroxylation sites is 1. The first-order valence-electron chi connectivity index (χ1n) is 8.59. The Morgan fingerprint density at radius 3 is 2.78 bits per heavy atom. The van der Waals surface area contributed by atoms with Crippen LogP contribution in [0.1, 0.15) is 18.1 Å². The van der Waals surface area contributed by atoms with Gasteiger partial charge in [-0.15, -0.1) is 0 Å². The van der Waals surface area contributed by atoms with Gasteiger partial charge in [0.05, 0.1) is 35.4 Å². The summed E-state index contributed by atoms with van der Waals surface area (Å²) in [7, 11) is 0. The molecule has 6 heteroatoms. The SMILES string of the molecule is CCOC(=O)Cc1ccccc1OCc1coc2c1cc(Br)c1occc12. The summed E-state index contributed by atoms with van der Waals surface area (Å²) < 4.78 is 23.1. The van der Waals surface area contributed by atoms with E-state index >= 15 is 0 Å². The maximum Gasteiger partial charge on any atom is 0.310 e. The van der Waals surface area contributed by atoms with Crippen molar-refractivity contribution in [2.75, 3.05) is 6.61 Å². The molecule has 2 aromatic carbocycles. The maximum atomic E-state index is 11.8. The second kappa shape index (κ2) is 7.48. The molecule has 4 aromatic rings. The van der Waals surface area contributed by atoms with Gasteiger partial charge in [0.2, 0.25) is 0 Å². The van der Waals surface area contributed by atoms with Crippen molar-refractivity contribution in [2.24, 2.45) is 0 Å². The van der Waals surface area contributed by atoms with Crippen LogP contribution in [0.5, 0.6) is 5.75 Å². The molecule has 0 N–H and O–H groups in total. The summed E-state index contributed by atoms with van der Waals surface area (Å²) in [5, 5.41) is 1.87. The Morgan fingerprint density at radius 1 is 1.07 bits per heavy atom. The van der Waals surface area contributed by atoms with E-state index in [-0.39, 0.29) is 12.4 Å². The molecule has 4 rings (SSSR count). The second-order valence-electron chi connectivity index (χ2n) is 6.04. The van der Waals surface area contributed by atoms with Gasteiger partial charge in [0.1, 0.15) is 17.9 Å². The summed E-state index contributed by atoms with van der Waals surface area (Å²) in [6, 6.07) is 11.3. The van der Waals surface area contributed by atoms with E-state index in [9.17, 15) is 4.79 Å². The molecule has 0 saturated heterocycles. The summed E-state index contributed by atoms with van der Waals surface area (Å²) in [5.41, 5.74) is 3.23. The molecule has 0 saturated carbocycles. The number of esters is 1. The van der Waals surface area contributed by atoms with Crippen molar-refractivity contribution in [1.29, 1.82) is 0 Å². The summed E-state index contributed by atoms with van der Waals surface area (Å²) in [4.78, 5) is 11.8. The van der Waals surface area contributed by atoms with E-state index in [2.05, 4.69) is 15.9 Å². The summed E-state index contributed by atoms with van der Waals surface area (Å²) >= 11 is 3.54. The molecular weight excluding hydrogens is 412 g/mol. The number of rotatable bonds is 6. The largest absolute Gasteiger partial charge is 0.488 e. The van der Waals surface area contributed by atoms with Crippen molar-refractivity contribution in [3.63, 3.8) is 0 Å². The number of fused-ring (bicyclic) bond motifs is 3. The molecule has 0 aliphatic heterocycles. The zero-order valence-electron chi connectivity index (χ0n) is 14.7. The standard InChI is InChI=1S/C21H17BrO5/c1-2-24-19(23)9-13-5-3-4-6-18(13)26-11-14-12-27-20-15-7-8-25-21(15)17(22)10-16(14)20/h3-8,10,12H,2,9,11H2,1H3. The minimum absolute atomic E-state index is 0.178. The predicted molar refractivity (Wildman–Crippen MR) is 105 cm³/mol. The van der Waals surface area contributed by atoms with Crippen LogP contribution >= 0.6 is 15.9 Å². The number of hydrogen-bond donors (Lipinski definition) is 0. The van der Waals surface area contributed by atoms with E-state index in [1.54, 1.807) is 19.5 Å². The molecule has 0 amide bonds. The fourth-order valence-corrected chi connectivity index (χ4v) is 3.60. The van der Waals surface area contributed by atoms with Crippen LogP contribution < -0.4 is 4.74 Å². The van der Waals surface area contributed by atoms with Gasteiger partial charge in [-0.3, -0.25) is 4.79 Å². The molecule has 0 fully saturated rings. The van der Waals surface area contributed by atoms with E-state index in [0.29, 0.717) is 19.0 Å². The molecule has 2 heterocycles. The molecule has 27 heavy (non-hydrogen) atoms. The number of benzene rings is 2. The summed E-state index contributed by atoms with van der Waals surface area (Å²) in [5.74, 6) is 0.386. The minimum atomic E-state index is -0.270. The van der Waals surface area contributed by atoms with Crippen LogP contribution in [0.3, 0.4) is 0 Å². The normalized spacial score (nSPS) is 11.2. The van der Waals surface area contributed by atoms with Gasteiger partial charge in [-0.1, -0.05) is 18.2 Å². The first-order valence-corrected chi connectivity index (χ1v) is 9.38. The molecule has 0 radical (unpaired) electrons. The molecule has 0 aliphatic carbocycles. The van der Waals surface area contributed by atoms with Crippen molar-refractivity contribution in [2.45, 2.75) is 20.0 Å². The molecule has 138 valence electrons. The molecule has 0 unspecified atom stereocenters. The third-order valence-electron chi connectivity index (χ3n) is 4.30. The predicted octanol–water partition coefficient (Wildman–Crippen LogP) is 5.63. The monoisotopic (exact) mass is 428 g/mol. The lowest BCUT2D eigenvalue weighted by atomic mass is 10.1. The number of carbonyl (C=O) groups excluding carboxylic acids is 1. The van der Waals surface area contributed by atoms with Gasteiger partial charge in [-0.25, -0.2) is 0 Å². The lowest BCUT2D eigenvalue weighted by Crippen LogP contribution is -2.09. The third kappa shape index (κ3) is 3.45. The smallest absolute Gasteiger partial charge is 0.310 e. The van der Waals surface area contributed by atoms with Crippen LogP contribution in [0.4, 0.5) is 0 Å². The van der Waals surface area contributed by atoms with E-state index in [1.165, 1.54) is 0 Å². The zero-order valence-corrected chi connectivity index (χ0v) is 16.2. The topological polar surface area (TPSA) is 61.8 Å². The third-order valence-corrected chi connectivity index (χ3v) is 4.89. The highest BCUT2D eigenvalue weighted by Gasteiger charge is 2.15. The van der Waals surface area contributed by atoms with Gasteiger partial charge < -0.3 is 18.3 Å². The van der Waals surface area contributed by atoms with Crippen molar-refractivity contribution >= 4 is 43.8 Å². The molecule has 0 spiro atoms. The van der Waals surface area contributed by atoms with E-state index in [4.69, 9.17) is 18.3 Å². The van der Waals surface area contributed by atoms with Gasteiger partial charge >= 0.3 is 5.97 Å². The molecule has 0 atom stereocenters. The molecule has 2 aromatic heterocycles. The Kier molecular flexibility index (Phi) is 4.90. The summed E-state index contributed by atoms with van der Waals surface area (Å²) in [6.45, 7) is 2.47. The first kappa shape index (κ1) is 17.7. The van der Waals surface area contributed by atoms with E-state index in [0.717, 1.165) is 37.5 Å². The number of ether oxygens (including phenoxy) is 2. The van der Waals surface area contributed by atoms with Gasteiger partial charge in [0.15, 0.2) is 5.58 Å². The maximum absolute atomic E-state index is 11.8. The van der Waals surface area contributed by atoms with Crippen LogP contribution in [0.25, 0.3) is 21.9 Å². The van der Waals surface area contributed by atoms with Crippen LogP contribution in [0.2, 0.25) is 0 Å². The molecule has 0 bridgehead atoms. The quantitative estimate of drug-likeness (QED) is 0.372. The fraction of sp³-hybridized carbons (Fsp3) is 0.190. The second-order valence-corrected chi connectivity index (χ2v) is 6.89. The highest BCUT2D eigenvalue weighted by Crippen LogP contribution is 2.35. The average molecular weight is 429 g/mol. The highest BCUT2D eigenvalue weighted by molar-refractivity contribution is 9.10. The Hall–Kier alpha value is -2.73. The van der Waals surface area contributed by atoms with Crippen LogP contribution in [-0.2, 0) is 22.6 Å². The average Bonchev–Trinajstić information content (AvgIpc) is 3.28.